The molecular weight excluding hydrogens is 488 g/mol. The number of ketones is 2. The third-order valence-electron chi connectivity index (χ3n) is 7.33. The molecule has 3 aliphatic rings. The number of isothiocyanates is 1. The minimum atomic E-state index is -2.69. The van der Waals surface area contributed by atoms with Crippen molar-refractivity contribution < 1.29 is 34.8 Å². The van der Waals surface area contributed by atoms with Crippen molar-refractivity contribution in [3.63, 3.8) is 0 Å². The molecule has 190 valence electrons. The monoisotopic (exact) mass is 514 g/mol. The SMILES string of the molecule is CN(C)c1cc(N=C=S)c(O)c2c1C[C@H]1C[C@H]3[C@H](N(C)C)C(O)=C(C(N)=O)C(=O)[C@@]3(O)C(O)=C1C2=O. The summed E-state index contributed by atoms with van der Waals surface area (Å²) in [7, 11) is 6.66. The highest BCUT2D eigenvalue weighted by molar-refractivity contribution is 7.78. The number of aliphatic hydroxyl groups excluding tert-OH is 2. The van der Waals surface area contributed by atoms with Gasteiger partial charge in [0.25, 0.3) is 5.91 Å². The molecule has 3 aliphatic carbocycles. The molecule has 4 rings (SSSR count). The van der Waals surface area contributed by atoms with Gasteiger partial charge in [-0.15, -0.1) is 0 Å². The van der Waals surface area contributed by atoms with Crippen LogP contribution in [0.4, 0.5) is 11.4 Å². The number of carbonyl (C=O) groups is 3. The van der Waals surface area contributed by atoms with Crippen molar-refractivity contribution in [3.8, 4) is 5.75 Å². The predicted octanol–water partition coefficient (Wildman–Crippen LogP) is 0.921. The molecule has 0 saturated carbocycles. The molecule has 0 aromatic heterocycles. The molecule has 36 heavy (non-hydrogen) atoms. The van der Waals surface area contributed by atoms with E-state index in [2.05, 4.69) is 22.4 Å². The molecule has 0 radical (unpaired) electrons. The van der Waals surface area contributed by atoms with Crippen molar-refractivity contribution in [2.75, 3.05) is 33.1 Å². The highest BCUT2D eigenvalue weighted by Crippen LogP contribution is 2.54. The van der Waals surface area contributed by atoms with Gasteiger partial charge in [0.1, 0.15) is 22.8 Å². The Balaban J connectivity index is 2.01. The van der Waals surface area contributed by atoms with Crippen LogP contribution in [0, 0.1) is 11.8 Å². The number of aliphatic imine (C=N–C) groups is 1. The molecule has 1 aromatic carbocycles. The zero-order valence-electron chi connectivity index (χ0n) is 20.1. The van der Waals surface area contributed by atoms with Crippen LogP contribution in [0.2, 0.25) is 0 Å². The van der Waals surface area contributed by atoms with E-state index in [0.717, 1.165) is 0 Å². The number of nitrogens with zero attached hydrogens (tertiary/aromatic N) is 3. The maximum Gasteiger partial charge on any atom is 0.255 e. The minimum Gasteiger partial charge on any atom is -0.510 e. The lowest BCUT2D eigenvalue weighted by atomic mass is 9.58. The average molecular weight is 515 g/mol. The number of primary amides is 1. The second-order valence-electron chi connectivity index (χ2n) is 9.68. The summed E-state index contributed by atoms with van der Waals surface area (Å²) < 4.78 is 0. The van der Waals surface area contributed by atoms with Gasteiger partial charge in [-0.2, -0.15) is 4.99 Å². The highest BCUT2D eigenvalue weighted by Gasteiger charge is 2.63. The Morgan fingerprint density at radius 3 is 2.39 bits per heavy atom. The van der Waals surface area contributed by atoms with Gasteiger partial charge in [0, 0.05) is 31.3 Å². The van der Waals surface area contributed by atoms with Crippen LogP contribution in [-0.4, -0.2) is 87.8 Å². The lowest BCUT2D eigenvalue weighted by Crippen LogP contribution is -2.63. The van der Waals surface area contributed by atoms with Gasteiger partial charge in [-0.1, -0.05) is 0 Å². The van der Waals surface area contributed by atoms with Gasteiger partial charge in [0.2, 0.25) is 5.78 Å². The fourth-order valence-corrected chi connectivity index (χ4v) is 5.92. The smallest absolute Gasteiger partial charge is 0.255 e. The zero-order chi connectivity index (χ0) is 26.9. The van der Waals surface area contributed by atoms with Crippen molar-refractivity contribution in [2.45, 2.75) is 24.5 Å². The number of aromatic hydroxyl groups is 1. The van der Waals surface area contributed by atoms with Crippen molar-refractivity contribution in [2.24, 2.45) is 22.6 Å². The number of likely N-dealkylation sites (N-methyl/N-ethyl adjacent to an activating group) is 1. The van der Waals surface area contributed by atoms with Gasteiger partial charge >= 0.3 is 0 Å². The first-order valence-electron chi connectivity index (χ1n) is 11.1. The number of aliphatic hydroxyl groups is 3. The van der Waals surface area contributed by atoms with Crippen molar-refractivity contribution in [1.29, 1.82) is 0 Å². The number of anilines is 1. The van der Waals surface area contributed by atoms with E-state index < -0.39 is 63.8 Å². The number of carbonyl (C=O) groups excluding carboxylic acids is 3. The van der Waals surface area contributed by atoms with Crippen LogP contribution in [0.25, 0.3) is 0 Å². The molecule has 0 bridgehead atoms. The Hall–Kier alpha value is -3.57. The Bertz CT molecular complexity index is 1340. The van der Waals surface area contributed by atoms with Crippen molar-refractivity contribution in [1.82, 2.24) is 4.90 Å². The number of allylic oxidation sites excluding steroid dienone is 1. The second-order valence-corrected chi connectivity index (χ2v) is 9.86. The summed E-state index contributed by atoms with van der Waals surface area (Å²) >= 11 is 4.65. The number of hydrogen-bond acceptors (Lipinski definition) is 11. The maximum absolute atomic E-state index is 13.8. The van der Waals surface area contributed by atoms with E-state index >= 15 is 0 Å². The summed E-state index contributed by atoms with van der Waals surface area (Å²) in [6, 6.07) is 0.519. The summed E-state index contributed by atoms with van der Waals surface area (Å²) in [5.41, 5.74) is 2.51. The van der Waals surface area contributed by atoms with Gasteiger partial charge in [-0.3, -0.25) is 19.3 Å². The molecule has 0 spiro atoms. The van der Waals surface area contributed by atoms with Crippen molar-refractivity contribution >= 4 is 46.2 Å². The molecule has 11 nitrogen and oxygen atoms in total. The Labute approximate surface area is 211 Å². The third kappa shape index (κ3) is 3.30. The van der Waals surface area contributed by atoms with Crippen LogP contribution in [0.3, 0.4) is 0 Å². The molecule has 0 heterocycles. The number of phenolic OH excluding ortho intramolecular Hbond substituents is 1. The average Bonchev–Trinajstić information content (AvgIpc) is 2.77. The van der Waals surface area contributed by atoms with Crippen LogP contribution >= 0.6 is 12.2 Å². The number of thiocarbonyl (C=S) groups is 1. The fraction of sp³-hybridized carbons (Fsp3) is 0.417. The number of amides is 1. The molecule has 0 unspecified atom stereocenters. The zero-order valence-corrected chi connectivity index (χ0v) is 20.9. The Kier molecular flexibility index (Phi) is 6.04. The minimum absolute atomic E-state index is 0.00276. The molecular formula is C24H26N4O7S. The van der Waals surface area contributed by atoms with Gasteiger partial charge < -0.3 is 31.1 Å². The summed E-state index contributed by atoms with van der Waals surface area (Å²) in [6.45, 7) is 0. The number of fused-ring (bicyclic) bond motifs is 3. The molecule has 0 fully saturated rings. The van der Waals surface area contributed by atoms with E-state index in [-0.39, 0.29) is 29.7 Å². The number of benzene rings is 1. The number of Topliss-reactive ketones (excluding diaryl/α,β-unsaturated/α-hetero) is 2. The first kappa shape index (κ1) is 25.5. The fourth-order valence-electron chi connectivity index (χ4n) is 5.82. The van der Waals surface area contributed by atoms with Crippen LogP contribution in [0.1, 0.15) is 22.3 Å². The largest absolute Gasteiger partial charge is 0.510 e. The van der Waals surface area contributed by atoms with E-state index in [1.807, 2.05) is 0 Å². The molecule has 6 N–H and O–H groups in total. The summed E-state index contributed by atoms with van der Waals surface area (Å²) in [6.07, 6.45) is 0.191. The predicted molar refractivity (Wildman–Crippen MR) is 133 cm³/mol. The molecule has 0 aliphatic heterocycles. The summed E-state index contributed by atoms with van der Waals surface area (Å²) in [5.74, 6) is -7.09. The van der Waals surface area contributed by atoms with Crippen LogP contribution < -0.4 is 10.6 Å². The molecule has 12 heteroatoms. The number of hydrogen-bond donors (Lipinski definition) is 5. The van der Waals surface area contributed by atoms with Gasteiger partial charge in [-0.25, -0.2) is 0 Å². The topological polar surface area (TPSA) is 177 Å². The maximum atomic E-state index is 13.8. The van der Waals surface area contributed by atoms with Gasteiger partial charge in [-0.05, 0) is 56.7 Å². The van der Waals surface area contributed by atoms with Gasteiger partial charge in [0.15, 0.2) is 17.1 Å². The first-order valence-corrected chi connectivity index (χ1v) is 11.5. The lowest BCUT2D eigenvalue weighted by molar-refractivity contribution is -0.148. The van der Waals surface area contributed by atoms with Crippen molar-refractivity contribution in [3.05, 3.63) is 39.9 Å². The second kappa shape index (κ2) is 8.52. The van der Waals surface area contributed by atoms with Crippen LogP contribution in [-0.2, 0) is 16.0 Å². The summed E-state index contributed by atoms with van der Waals surface area (Å²) in [4.78, 5) is 46.2. The normalized spacial score (nSPS) is 27.3. The third-order valence-corrected chi connectivity index (χ3v) is 7.42. The number of rotatable bonds is 4. The summed E-state index contributed by atoms with van der Waals surface area (Å²) in [5, 5.41) is 46.8. The van der Waals surface area contributed by atoms with E-state index in [1.165, 1.54) is 4.90 Å². The highest BCUT2D eigenvalue weighted by atomic mass is 32.1. The molecule has 4 atom stereocenters. The van der Waals surface area contributed by atoms with Gasteiger partial charge in [0.05, 0.1) is 16.8 Å². The van der Waals surface area contributed by atoms with E-state index in [9.17, 15) is 34.8 Å². The van der Waals surface area contributed by atoms with E-state index in [4.69, 9.17) is 5.73 Å². The number of nitrogens with two attached hydrogens (primary N) is 1. The Morgan fingerprint density at radius 1 is 1.22 bits per heavy atom. The number of phenols is 1. The first-order chi connectivity index (χ1) is 16.8. The molecule has 1 aromatic rings. The van der Waals surface area contributed by atoms with Crippen LogP contribution in [0.15, 0.2) is 33.7 Å². The molecule has 0 saturated heterocycles. The van der Waals surface area contributed by atoms with E-state index in [0.29, 0.717) is 11.3 Å². The van der Waals surface area contributed by atoms with E-state index in [1.54, 1.807) is 39.2 Å². The molecule has 1 amide bonds. The Morgan fingerprint density at radius 2 is 1.86 bits per heavy atom. The lowest BCUT2D eigenvalue weighted by Gasteiger charge is -2.50. The standard InChI is InChI=1S/C24H26N4O7S/c1-27(2)13-7-12(26-8-36)18(29)15-10(13)5-9-6-11-17(28(3)4)20(31)16(23(25)34)22(33)24(11,35)21(32)14(9)19(15)30/h7,9,11,17,29,31-32,35H,5-6H2,1-4H3,(H2,25,34)/t9-,11-,17-,24-/m0/s1. The quantitative estimate of drug-likeness (QED) is 0.220. The van der Waals surface area contributed by atoms with Crippen LogP contribution in [0.5, 0.6) is 5.75 Å².